The minimum atomic E-state index is -1.37. The second-order valence-corrected chi connectivity index (χ2v) is 2.71. The Labute approximate surface area is 104 Å². The third-order valence-corrected chi connectivity index (χ3v) is 1.67. The van der Waals surface area contributed by atoms with Gasteiger partial charge in [-0.05, 0) is 18.2 Å². The van der Waals surface area contributed by atoms with Gasteiger partial charge in [-0.1, -0.05) is 0 Å². The standard InChI is InChI=1S/C9H6O6.Mo/c10-7(11)4-1-5(8(12)13)3-6(2-4)9(14)15;/h1-3H,(H,10,11)(H,12,13)(H,14,15);. The van der Waals surface area contributed by atoms with Crippen molar-refractivity contribution in [3.05, 3.63) is 34.9 Å². The normalized spacial score (nSPS) is 9.00. The Morgan fingerprint density at radius 2 is 0.875 bits per heavy atom. The van der Waals surface area contributed by atoms with E-state index in [9.17, 15) is 14.4 Å². The molecule has 1 rings (SSSR count). The van der Waals surface area contributed by atoms with Crippen LogP contribution in [0.2, 0.25) is 0 Å². The van der Waals surface area contributed by atoms with Gasteiger partial charge in [0.15, 0.2) is 0 Å². The molecule has 6 nitrogen and oxygen atoms in total. The average Bonchev–Trinajstić information content (AvgIpc) is 2.16. The fourth-order valence-electron chi connectivity index (χ4n) is 0.998. The van der Waals surface area contributed by atoms with E-state index in [1.165, 1.54) is 0 Å². The second-order valence-electron chi connectivity index (χ2n) is 2.71. The van der Waals surface area contributed by atoms with E-state index in [2.05, 4.69) is 0 Å². The maximum absolute atomic E-state index is 10.6. The Morgan fingerprint density at radius 3 is 1.00 bits per heavy atom. The maximum atomic E-state index is 10.6. The van der Waals surface area contributed by atoms with E-state index in [-0.39, 0.29) is 37.8 Å². The molecule has 0 heterocycles. The predicted octanol–water partition coefficient (Wildman–Crippen LogP) is 0.779. The fraction of sp³-hybridized carbons (Fsp3) is 0. The summed E-state index contributed by atoms with van der Waals surface area (Å²) in [5.41, 5.74) is -1.10. The molecule has 16 heavy (non-hydrogen) atoms. The van der Waals surface area contributed by atoms with Crippen LogP contribution in [0.25, 0.3) is 0 Å². The van der Waals surface area contributed by atoms with Crippen molar-refractivity contribution >= 4 is 17.9 Å². The number of benzene rings is 1. The number of carbonyl (C=O) groups is 3. The molecule has 1 aromatic rings. The van der Waals surface area contributed by atoms with E-state index >= 15 is 0 Å². The molecule has 0 amide bonds. The molecule has 0 aliphatic carbocycles. The van der Waals surface area contributed by atoms with Crippen molar-refractivity contribution in [1.29, 1.82) is 0 Å². The molecular weight excluding hydrogens is 300 g/mol. The van der Waals surface area contributed by atoms with E-state index in [1.807, 2.05) is 0 Å². The van der Waals surface area contributed by atoms with E-state index in [0.717, 1.165) is 18.2 Å². The summed E-state index contributed by atoms with van der Waals surface area (Å²) in [4.78, 5) is 31.7. The van der Waals surface area contributed by atoms with E-state index in [4.69, 9.17) is 15.3 Å². The summed E-state index contributed by atoms with van der Waals surface area (Å²) in [7, 11) is 0. The van der Waals surface area contributed by atoms with Crippen molar-refractivity contribution in [2.24, 2.45) is 0 Å². The van der Waals surface area contributed by atoms with Crippen LogP contribution >= 0.6 is 0 Å². The molecule has 0 saturated carbocycles. The van der Waals surface area contributed by atoms with Gasteiger partial charge in [0.25, 0.3) is 0 Å². The maximum Gasteiger partial charge on any atom is 0.335 e. The van der Waals surface area contributed by atoms with E-state index in [0.29, 0.717) is 0 Å². The van der Waals surface area contributed by atoms with Crippen molar-refractivity contribution in [3.8, 4) is 0 Å². The average molecular weight is 306 g/mol. The monoisotopic (exact) mass is 308 g/mol. The van der Waals surface area contributed by atoms with Gasteiger partial charge in [-0.25, -0.2) is 14.4 Å². The van der Waals surface area contributed by atoms with Gasteiger partial charge in [0.2, 0.25) is 0 Å². The Bertz CT molecular complexity index is 374. The third kappa shape index (κ3) is 3.17. The first-order valence-corrected chi connectivity index (χ1v) is 3.77. The number of hydrogen-bond acceptors (Lipinski definition) is 3. The molecule has 0 unspecified atom stereocenters. The largest absolute Gasteiger partial charge is 0.478 e. The van der Waals surface area contributed by atoms with Gasteiger partial charge in [-0.2, -0.15) is 0 Å². The number of carboxylic acid groups (broad SMARTS) is 3. The molecule has 0 saturated heterocycles. The summed E-state index contributed by atoms with van der Waals surface area (Å²) in [5.74, 6) is -4.12. The summed E-state index contributed by atoms with van der Waals surface area (Å²) in [6.45, 7) is 0. The zero-order valence-corrected chi connectivity index (χ0v) is 9.71. The molecule has 0 aliphatic rings. The summed E-state index contributed by atoms with van der Waals surface area (Å²) in [6.07, 6.45) is 0. The fourth-order valence-corrected chi connectivity index (χ4v) is 0.998. The van der Waals surface area contributed by atoms with E-state index in [1.54, 1.807) is 0 Å². The van der Waals surface area contributed by atoms with Gasteiger partial charge in [0.05, 0.1) is 16.7 Å². The first-order valence-electron chi connectivity index (χ1n) is 3.77. The van der Waals surface area contributed by atoms with Gasteiger partial charge in [-0.15, -0.1) is 0 Å². The molecule has 0 spiro atoms. The second kappa shape index (κ2) is 5.42. The van der Waals surface area contributed by atoms with Crippen molar-refractivity contribution < 1.29 is 50.8 Å². The van der Waals surface area contributed by atoms with Crippen LogP contribution in [0.15, 0.2) is 18.2 Å². The minimum Gasteiger partial charge on any atom is -0.478 e. The van der Waals surface area contributed by atoms with Gasteiger partial charge in [-0.3, -0.25) is 0 Å². The first-order chi connectivity index (χ1) is 6.91. The molecule has 0 fully saturated rings. The van der Waals surface area contributed by atoms with Crippen LogP contribution in [0.5, 0.6) is 0 Å². The first kappa shape index (κ1) is 14.3. The summed E-state index contributed by atoms with van der Waals surface area (Å²) in [5, 5.41) is 25.8. The summed E-state index contributed by atoms with van der Waals surface area (Å²) in [6, 6.07) is 2.70. The van der Waals surface area contributed by atoms with Gasteiger partial charge >= 0.3 is 17.9 Å². The van der Waals surface area contributed by atoms with Crippen LogP contribution in [0.1, 0.15) is 31.1 Å². The summed E-state index contributed by atoms with van der Waals surface area (Å²) >= 11 is 0. The molecule has 0 aliphatic heterocycles. The third-order valence-electron chi connectivity index (χ3n) is 1.67. The Balaban J connectivity index is 0.00000225. The molecule has 0 atom stereocenters. The molecule has 0 aromatic heterocycles. The van der Waals surface area contributed by atoms with Crippen molar-refractivity contribution in [2.45, 2.75) is 0 Å². The SMILES string of the molecule is O=C(O)c1cc(C(=O)O)cc(C(=O)O)c1.[Mo]. The Morgan fingerprint density at radius 1 is 0.688 bits per heavy atom. The van der Waals surface area contributed by atoms with Crippen LogP contribution in [0.4, 0.5) is 0 Å². The van der Waals surface area contributed by atoms with Crippen LogP contribution < -0.4 is 0 Å². The molecular formula is C9H6MoO6. The van der Waals surface area contributed by atoms with Gasteiger partial charge in [0.1, 0.15) is 0 Å². The Hall–Kier alpha value is -1.68. The molecule has 7 heteroatoms. The molecule has 1 aromatic carbocycles. The predicted molar refractivity (Wildman–Crippen MR) is 47.3 cm³/mol. The quantitative estimate of drug-likeness (QED) is 0.711. The van der Waals surface area contributed by atoms with Crippen LogP contribution in [-0.2, 0) is 21.1 Å². The smallest absolute Gasteiger partial charge is 0.335 e. The topological polar surface area (TPSA) is 112 Å². The zero-order chi connectivity index (χ0) is 11.6. The number of rotatable bonds is 3. The zero-order valence-electron chi connectivity index (χ0n) is 7.71. The summed E-state index contributed by atoms with van der Waals surface area (Å²) < 4.78 is 0. The van der Waals surface area contributed by atoms with Crippen LogP contribution in [-0.4, -0.2) is 33.2 Å². The molecule has 84 valence electrons. The van der Waals surface area contributed by atoms with Gasteiger partial charge < -0.3 is 15.3 Å². The molecule has 0 bridgehead atoms. The number of hydrogen-bond donors (Lipinski definition) is 3. The van der Waals surface area contributed by atoms with Crippen LogP contribution in [0.3, 0.4) is 0 Å². The number of carboxylic acids is 3. The minimum absolute atomic E-state index is 0. The Kier molecular flexibility index (Phi) is 4.85. The molecule has 0 radical (unpaired) electrons. The van der Waals surface area contributed by atoms with Crippen molar-refractivity contribution in [1.82, 2.24) is 0 Å². The van der Waals surface area contributed by atoms with Crippen molar-refractivity contribution in [3.63, 3.8) is 0 Å². The van der Waals surface area contributed by atoms with Crippen LogP contribution in [0, 0.1) is 0 Å². The molecule has 3 N–H and O–H groups in total. The van der Waals surface area contributed by atoms with Gasteiger partial charge in [0, 0.05) is 21.1 Å². The number of aromatic carboxylic acids is 3. The van der Waals surface area contributed by atoms with E-state index < -0.39 is 17.9 Å². The van der Waals surface area contributed by atoms with Crippen molar-refractivity contribution in [2.75, 3.05) is 0 Å².